The fourth-order valence-corrected chi connectivity index (χ4v) is 5.70. The first kappa shape index (κ1) is 21.6. The molecule has 2 aliphatic rings. The highest BCUT2D eigenvalue weighted by molar-refractivity contribution is 7.89. The van der Waals surface area contributed by atoms with Gasteiger partial charge in [0.25, 0.3) is 5.91 Å². The van der Waals surface area contributed by atoms with Gasteiger partial charge in [0, 0.05) is 30.6 Å². The molecule has 2 aromatic rings. The van der Waals surface area contributed by atoms with Crippen LogP contribution in [0, 0.1) is 0 Å². The van der Waals surface area contributed by atoms with Gasteiger partial charge in [0.1, 0.15) is 17.1 Å². The Morgan fingerprint density at radius 2 is 1.81 bits per heavy atom. The van der Waals surface area contributed by atoms with Crippen LogP contribution in [0.1, 0.15) is 55.1 Å². The van der Waals surface area contributed by atoms with Crippen LogP contribution in [-0.4, -0.2) is 44.4 Å². The van der Waals surface area contributed by atoms with Crippen molar-refractivity contribution >= 4 is 15.9 Å². The van der Waals surface area contributed by atoms with Crippen LogP contribution in [0.2, 0.25) is 0 Å². The molecule has 0 spiro atoms. The molecule has 31 heavy (non-hydrogen) atoms. The third kappa shape index (κ3) is 4.41. The van der Waals surface area contributed by atoms with Crippen LogP contribution in [0.5, 0.6) is 11.5 Å². The quantitative estimate of drug-likeness (QED) is 0.763. The van der Waals surface area contributed by atoms with E-state index >= 15 is 0 Å². The number of sulfonamides is 1. The second kappa shape index (κ2) is 8.16. The van der Waals surface area contributed by atoms with Crippen LogP contribution in [-0.2, 0) is 10.0 Å². The number of ether oxygens (including phenoxy) is 2. The normalized spacial score (nSPS) is 20.5. The van der Waals surface area contributed by atoms with E-state index < -0.39 is 15.6 Å². The molecule has 1 N–H and O–H groups in total. The SMILES string of the molecule is COc1ccc2c(c1)C(NC(=O)c1ccc(S(=O)(=O)N3CCCC3)cc1)CC(C)(C)O2. The van der Waals surface area contributed by atoms with Gasteiger partial charge >= 0.3 is 0 Å². The molecule has 0 radical (unpaired) electrons. The highest BCUT2D eigenvalue weighted by atomic mass is 32.2. The molecule has 1 atom stereocenters. The number of benzene rings is 2. The number of fused-ring (bicyclic) bond motifs is 1. The van der Waals surface area contributed by atoms with Crippen molar-refractivity contribution in [1.29, 1.82) is 0 Å². The third-order valence-electron chi connectivity index (χ3n) is 5.80. The van der Waals surface area contributed by atoms with Crippen LogP contribution >= 0.6 is 0 Å². The number of hydrogen-bond donors (Lipinski definition) is 1. The van der Waals surface area contributed by atoms with Gasteiger partial charge < -0.3 is 14.8 Å². The maximum atomic E-state index is 13.0. The molecule has 8 heteroatoms. The zero-order valence-electron chi connectivity index (χ0n) is 18.1. The minimum absolute atomic E-state index is 0.216. The van der Waals surface area contributed by atoms with Crippen molar-refractivity contribution in [1.82, 2.24) is 9.62 Å². The average molecular weight is 445 g/mol. The first-order valence-electron chi connectivity index (χ1n) is 10.5. The summed E-state index contributed by atoms with van der Waals surface area (Å²) in [6.45, 7) is 5.06. The van der Waals surface area contributed by atoms with E-state index in [4.69, 9.17) is 9.47 Å². The number of carbonyl (C=O) groups excluding carboxylic acids is 1. The molecule has 1 fully saturated rings. The van der Waals surface area contributed by atoms with Gasteiger partial charge in [-0.2, -0.15) is 4.31 Å². The summed E-state index contributed by atoms with van der Waals surface area (Å²) in [6, 6.07) is 11.5. The molecule has 2 aliphatic heterocycles. The zero-order valence-corrected chi connectivity index (χ0v) is 18.9. The van der Waals surface area contributed by atoms with E-state index in [0.717, 1.165) is 24.2 Å². The maximum Gasteiger partial charge on any atom is 0.251 e. The summed E-state index contributed by atoms with van der Waals surface area (Å²) in [7, 11) is -1.90. The second-order valence-electron chi connectivity index (χ2n) is 8.63. The van der Waals surface area contributed by atoms with Crippen LogP contribution in [0.15, 0.2) is 47.4 Å². The van der Waals surface area contributed by atoms with Gasteiger partial charge in [-0.15, -0.1) is 0 Å². The molecule has 7 nitrogen and oxygen atoms in total. The van der Waals surface area contributed by atoms with Crippen molar-refractivity contribution in [2.24, 2.45) is 0 Å². The molecular formula is C23H28N2O5S. The van der Waals surface area contributed by atoms with Crippen molar-refractivity contribution in [2.45, 2.75) is 49.6 Å². The number of rotatable bonds is 5. The molecule has 4 rings (SSSR count). The Balaban J connectivity index is 1.54. The van der Waals surface area contributed by atoms with Crippen LogP contribution < -0.4 is 14.8 Å². The lowest BCUT2D eigenvalue weighted by Crippen LogP contribution is -2.41. The van der Waals surface area contributed by atoms with Gasteiger partial charge in [0.2, 0.25) is 10.0 Å². The fourth-order valence-electron chi connectivity index (χ4n) is 4.19. The summed E-state index contributed by atoms with van der Waals surface area (Å²) in [5, 5.41) is 3.08. The number of methoxy groups -OCH3 is 1. The van der Waals surface area contributed by atoms with E-state index in [0.29, 0.717) is 30.8 Å². The van der Waals surface area contributed by atoms with Gasteiger partial charge in [0.15, 0.2) is 0 Å². The van der Waals surface area contributed by atoms with Crippen LogP contribution in [0.3, 0.4) is 0 Å². The number of amides is 1. The second-order valence-corrected chi connectivity index (χ2v) is 10.6. The van der Waals surface area contributed by atoms with Gasteiger partial charge in [-0.1, -0.05) is 0 Å². The standard InChI is InChI=1S/C23H28N2O5S/c1-23(2)15-20(19-14-17(29-3)8-11-21(19)30-23)24-22(26)16-6-9-18(10-7-16)31(27,28)25-12-4-5-13-25/h6-11,14,20H,4-5,12-13,15H2,1-3H3,(H,24,26). The molecule has 1 saturated heterocycles. The summed E-state index contributed by atoms with van der Waals surface area (Å²) in [4.78, 5) is 13.2. The zero-order chi connectivity index (χ0) is 22.2. The Morgan fingerprint density at radius 1 is 1.13 bits per heavy atom. The first-order chi connectivity index (χ1) is 14.7. The molecule has 0 saturated carbocycles. The topological polar surface area (TPSA) is 84.9 Å². The van der Waals surface area contributed by atoms with Crippen molar-refractivity contribution in [2.75, 3.05) is 20.2 Å². The summed E-state index contributed by atoms with van der Waals surface area (Å²) >= 11 is 0. The van der Waals surface area contributed by atoms with Crippen molar-refractivity contribution < 1.29 is 22.7 Å². The number of carbonyl (C=O) groups is 1. The van der Waals surface area contributed by atoms with E-state index in [1.54, 1.807) is 19.2 Å². The van der Waals surface area contributed by atoms with Gasteiger partial charge in [0.05, 0.1) is 18.0 Å². The molecule has 1 amide bonds. The van der Waals surface area contributed by atoms with E-state index in [2.05, 4.69) is 5.32 Å². The lowest BCUT2D eigenvalue weighted by atomic mass is 9.89. The highest BCUT2D eigenvalue weighted by Crippen LogP contribution is 2.41. The van der Waals surface area contributed by atoms with Crippen molar-refractivity contribution in [3.05, 3.63) is 53.6 Å². The maximum absolute atomic E-state index is 13.0. The molecular weight excluding hydrogens is 416 g/mol. The highest BCUT2D eigenvalue weighted by Gasteiger charge is 2.35. The fraction of sp³-hybridized carbons (Fsp3) is 0.435. The Hall–Kier alpha value is -2.58. The molecule has 2 aromatic carbocycles. The van der Waals surface area contributed by atoms with Crippen molar-refractivity contribution in [3.8, 4) is 11.5 Å². The smallest absolute Gasteiger partial charge is 0.251 e. The number of nitrogens with one attached hydrogen (secondary N) is 1. The molecule has 166 valence electrons. The van der Waals surface area contributed by atoms with E-state index in [9.17, 15) is 13.2 Å². The minimum atomic E-state index is -3.50. The van der Waals surface area contributed by atoms with Crippen molar-refractivity contribution in [3.63, 3.8) is 0 Å². The largest absolute Gasteiger partial charge is 0.497 e. The molecule has 1 unspecified atom stereocenters. The summed E-state index contributed by atoms with van der Waals surface area (Å²) in [5.74, 6) is 1.15. The molecule has 0 aliphatic carbocycles. The molecule has 0 aromatic heterocycles. The minimum Gasteiger partial charge on any atom is -0.497 e. The Kier molecular flexibility index (Phi) is 5.70. The molecule has 2 heterocycles. The molecule has 0 bridgehead atoms. The summed E-state index contributed by atoms with van der Waals surface area (Å²) in [5.41, 5.74) is 0.835. The lowest BCUT2D eigenvalue weighted by Gasteiger charge is -2.38. The average Bonchev–Trinajstić information content (AvgIpc) is 3.29. The first-order valence-corrected chi connectivity index (χ1v) is 11.9. The van der Waals surface area contributed by atoms with E-state index in [1.165, 1.54) is 16.4 Å². The Morgan fingerprint density at radius 3 is 2.45 bits per heavy atom. The van der Waals surface area contributed by atoms with Gasteiger partial charge in [-0.05, 0) is 69.2 Å². The predicted molar refractivity (Wildman–Crippen MR) is 117 cm³/mol. The third-order valence-corrected chi connectivity index (χ3v) is 7.71. The Labute approximate surface area is 183 Å². The summed E-state index contributed by atoms with van der Waals surface area (Å²) < 4.78 is 38.3. The van der Waals surface area contributed by atoms with Gasteiger partial charge in [-0.3, -0.25) is 4.79 Å². The monoisotopic (exact) mass is 444 g/mol. The Bertz CT molecular complexity index is 1070. The van der Waals surface area contributed by atoms with E-state index in [-0.39, 0.29) is 16.8 Å². The summed E-state index contributed by atoms with van der Waals surface area (Å²) in [6.07, 6.45) is 2.36. The predicted octanol–water partition coefficient (Wildman–Crippen LogP) is 3.51. The van der Waals surface area contributed by atoms with Gasteiger partial charge in [-0.25, -0.2) is 8.42 Å². The number of nitrogens with zero attached hydrogens (tertiary/aromatic N) is 1. The van der Waals surface area contributed by atoms with E-state index in [1.807, 2.05) is 32.0 Å². The lowest BCUT2D eigenvalue weighted by molar-refractivity contribution is 0.0618. The number of hydrogen-bond acceptors (Lipinski definition) is 5. The van der Waals surface area contributed by atoms with Crippen LogP contribution in [0.25, 0.3) is 0 Å². The van der Waals surface area contributed by atoms with Crippen LogP contribution in [0.4, 0.5) is 0 Å².